The molecule has 0 saturated carbocycles. The maximum Gasteiger partial charge on any atom is 0.405 e. The highest BCUT2D eigenvalue weighted by molar-refractivity contribution is 7.82. The number of hydrogen-bond donors (Lipinski definition) is 0. The van der Waals surface area contributed by atoms with Crippen molar-refractivity contribution in [3.8, 4) is 0 Å². The van der Waals surface area contributed by atoms with Gasteiger partial charge in [-0.25, -0.2) is 8.37 Å². The lowest BCUT2D eigenvalue weighted by Crippen LogP contribution is -2.45. The van der Waals surface area contributed by atoms with E-state index in [4.69, 9.17) is 0 Å². The summed E-state index contributed by atoms with van der Waals surface area (Å²) < 4.78 is 28.9. The summed E-state index contributed by atoms with van der Waals surface area (Å²) in [5.41, 5.74) is 0. The Balaban J connectivity index is 2.72. The van der Waals surface area contributed by atoms with Gasteiger partial charge < -0.3 is 0 Å². The quantitative estimate of drug-likeness (QED) is 0.500. The van der Waals surface area contributed by atoms with Gasteiger partial charge in [0, 0.05) is 0 Å². The van der Waals surface area contributed by atoms with Crippen LogP contribution in [0.4, 0.5) is 0 Å². The number of hydrogen-bond acceptors (Lipinski definition) is 4. The zero-order valence-electron chi connectivity index (χ0n) is 4.83. The fourth-order valence-corrected chi connectivity index (χ4v) is 1.44. The highest BCUT2D eigenvalue weighted by atomic mass is 32.3. The molecule has 0 unspecified atom stereocenters. The van der Waals surface area contributed by atoms with Crippen LogP contribution in [0.3, 0.4) is 0 Å². The van der Waals surface area contributed by atoms with E-state index in [9.17, 15) is 8.42 Å². The summed E-state index contributed by atoms with van der Waals surface area (Å²) in [6, 6.07) is 0. The van der Waals surface area contributed by atoms with Gasteiger partial charge in [0.05, 0.1) is 0 Å². The van der Waals surface area contributed by atoms with Gasteiger partial charge in [0.15, 0.2) is 0 Å². The number of rotatable bonds is 1. The van der Waals surface area contributed by atoms with E-state index in [0.29, 0.717) is 0 Å². The molecule has 1 aliphatic rings. The second kappa shape index (κ2) is 1.56. The largest absolute Gasteiger partial charge is 0.405 e. The van der Waals surface area contributed by atoms with Gasteiger partial charge in [0.25, 0.3) is 0 Å². The highest BCUT2D eigenvalue weighted by Crippen LogP contribution is 2.30. The molecule has 0 amide bonds. The molecule has 1 heterocycles. The monoisotopic (exact) mass is 150 g/mol. The Labute approximate surface area is 53.4 Å². The van der Waals surface area contributed by atoms with Crippen LogP contribution >= 0.6 is 0 Å². The van der Waals surface area contributed by atoms with Gasteiger partial charge in [0.2, 0.25) is 5.79 Å². The van der Waals surface area contributed by atoms with E-state index in [1.807, 2.05) is 0 Å². The summed E-state index contributed by atoms with van der Waals surface area (Å²) in [5.74, 6) is -1.13. The van der Waals surface area contributed by atoms with Crippen molar-refractivity contribution < 1.29 is 16.8 Å². The highest BCUT2D eigenvalue weighted by Gasteiger charge is 2.45. The molecular formula is C4H6O4S. The first-order valence-electron chi connectivity index (χ1n) is 2.27. The third-order valence-electron chi connectivity index (χ3n) is 0.906. The van der Waals surface area contributed by atoms with Crippen LogP contribution in [-0.4, -0.2) is 14.2 Å². The van der Waals surface area contributed by atoms with Crippen molar-refractivity contribution in [3.05, 3.63) is 12.7 Å². The van der Waals surface area contributed by atoms with E-state index < -0.39 is 16.2 Å². The predicted octanol–water partition coefficient (Wildman–Crippen LogP) is 0.180. The van der Waals surface area contributed by atoms with E-state index in [1.165, 1.54) is 13.0 Å². The van der Waals surface area contributed by atoms with Crippen LogP contribution < -0.4 is 0 Å². The van der Waals surface area contributed by atoms with Gasteiger partial charge in [0.1, 0.15) is 0 Å². The van der Waals surface area contributed by atoms with Gasteiger partial charge >= 0.3 is 10.4 Å². The van der Waals surface area contributed by atoms with Crippen LogP contribution in [0.2, 0.25) is 0 Å². The lowest BCUT2D eigenvalue weighted by Gasteiger charge is -2.32. The molecule has 0 spiro atoms. The van der Waals surface area contributed by atoms with E-state index in [-0.39, 0.29) is 0 Å². The average molecular weight is 150 g/mol. The molecule has 0 aliphatic carbocycles. The Bertz CT molecular complexity index is 215. The van der Waals surface area contributed by atoms with Crippen LogP contribution in [0.5, 0.6) is 0 Å². The average Bonchev–Trinajstić information content (AvgIpc) is 1.61. The molecule has 1 fully saturated rings. The normalized spacial score (nSPS) is 28.6. The second-order valence-corrected chi connectivity index (χ2v) is 2.94. The lowest BCUT2D eigenvalue weighted by molar-refractivity contribution is -0.133. The first-order valence-corrected chi connectivity index (χ1v) is 3.61. The smallest absolute Gasteiger partial charge is 0.208 e. The molecule has 5 heteroatoms. The summed E-state index contributed by atoms with van der Waals surface area (Å²) in [5, 5.41) is 0. The topological polar surface area (TPSA) is 52.6 Å². The van der Waals surface area contributed by atoms with Crippen LogP contribution in [0.15, 0.2) is 12.7 Å². The third kappa shape index (κ3) is 1.12. The molecule has 4 nitrogen and oxygen atoms in total. The second-order valence-electron chi connectivity index (χ2n) is 1.79. The zero-order chi connectivity index (χ0) is 7.12. The van der Waals surface area contributed by atoms with E-state index in [1.54, 1.807) is 0 Å². The molecular weight excluding hydrogens is 144 g/mol. The van der Waals surface area contributed by atoms with Crippen LogP contribution in [0, 0.1) is 0 Å². The van der Waals surface area contributed by atoms with Crippen LogP contribution in [-0.2, 0) is 18.8 Å². The molecule has 1 rings (SSSR count). The van der Waals surface area contributed by atoms with Crippen molar-refractivity contribution in [1.29, 1.82) is 0 Å². The first-order chi connectivity index (χ1) is 3.97. The Hall–Kier alpha value is -0.390. The molecule has 0 aromatic heterocycles. The van der Waals surface area contributed by atoms with E-state index >= 15 is 0 Å². The molecule has 52 valence electrons. The van der Waals surface area contributed by atoms with Crippen LogP contribution in [0.25, 0.3) is 0 Å². The van der Waals surface area contributed by atoms with Gasteiger partial charge in [-0.05, 0) is 13.0 Å². The fourth-order valence-electron chi connectivity index (χ4n) is 0.480. The molecule has 0 bridgehead atoms. The minimum atomic E-state index is -3.67. The molecule has 0 aromatic carbocycles. The van der Waals surface area contributed by atoms with Crippen LogP contribution in [0.1, 0.15) is 6.92 Å². The Morgan fingerprint density at radius 3 is 2.11 bits per heavy atom. The van der Waals surface area contributed by atoms with Crippen molar-refractivity contribution >= 4 is 10.4 Å². The van der Waals surface area contributed by atoms with Crippen molar-refractivity contribution in [2.24, 2.45) is 0 Å². The summed E-state index contributed by atoms with van der Waals surface area (Å²) in [6.07, 6.45) is 1.27. The van der Waals surface area contributed by atoms with Crippen molar-refractivity contribution in [2.45, 2.75) is 12.7 Å². The molecule has 0 atom stereocenters. The van der Waals surface area contributed by atoms with Crippen molar-refractivity contribution in [3.63, 3.8) is 0 Å². The molecule has 0 N–H and O–H groups in total. The molecule has 1 aliphatic heterocycles. The van der Waals surface area contributed by atoms with Gasteiger partial charge in [-0.2, -0.15) is 8.42 Å². The third-order valence-corrected chi connectivity index (χ3v) is 1.98. The van der Waals surface area contributed by atoms with Gasteiger partial charge in [-0.15, -0.1) is 0 Å². The first kappa shape index (κ1) is 6.73. The molecule has 1 saturated heterocycles. The minimum absolute atomic E-state index is 1.13. The Kier molecular flexibility index (Phi) is 1.16. The summed E-state index contributed by atoms with van der Waals surface area (Å²) >= 11 is 0. The molecule has 9 heavy (non-hydrogen) atoms. The lowest BCUT2D eigenvalue weighted by atomic mass is 10.3. The minimum Gasteiger partial charge on any atom is -0.208 e. The maximum absolute atomic E-state index is 10.2. The maximum atomic E-state index is 10.2. The molecule has 0 radical (unpaired) electrons. The van der Waals surface area contributed by atoms with E-state index in [2.05, 4.69) is 14.9 Å². The predicted molar refractivity (Wildman–Crippen MR) is 29.7 cm³/mol. The zero-order valence-corrected chi connectivity index (χ0v) is 5.64. The Morgan fingerprint density at radius 2 is 2.00 bits per heavy atom. The SMILES string of the molecule is C=CC1(C)OS(=O)(=O)O1. The van der Waals surface area contributed by atoms with Gasteiger partial charge in [-0.3, -0.25) is 0 Å². The van der Waals surface area contributed by atoms with E-state index in [0.717, 1.165) is 0 Å². The Morgan fingerprint density at radius 1 is 1.56 bits per heavy atom. The van der Waals surface area contributed by atoms with Gasteiger partial charge in [-0.1, -0.05) is 6.58 Å². The summed E-state index contributed by atoms with van der Waals surface area (Å²) in [7, 11) is -3.67. The van der Waals surface area contributed by atoms with Crippen molar-refractivity contribution in [1.82, 2.24) is 0 Å². The standard InChI is InChI=1S/C4H6O4S/c1-3-4(2)7-9(5,6)8-4/h3H,1H2,2H3. The summed E-state index contributed by atoms with van der Waals surface area (Å²) in [4.78, 5) is 0. The summed E-state index contributed by atoms with van der Waals surface area (Å²) in [6.45, 7) is 4.76. The van der Waals surface area contributed by atoms with Crippen molar-refractivity contribution in [2.75, 3.05) is 0 Å². The fraction of sp³-hybridized carbons (Fsp3) is 0.500. The molecule has 0 aromatic rings.